The SMILES string of the molecule is O=C(OCCCCCCCC/C(F)=C(/[I+]c1ccccc1)C(O)c1ccccc1)c1ccccc1. The van der Waals surface area contributed by atoms with Gasteiger partial charge in [0.1, 0.15) is 6.10 Å². The molecule has 1 N–H and O–H groups in total. The van der Waals surface area contributed by atoms with Crippen molar-refractivity contribution in [3.63, 3.8) is 0 Å². The Morgan fingerprint density at radius 2 is 1.31 bits per heavy atom. The van der Waals surface area contributed by atoms with Crippen LogP contribution in [-0.4, -0.2) is 17.7 Å². The molecule has 1 unspecified atom stereocenters. The van der Waals surface area contributed by atoms with E-state index in [0.29, 0.717) is 22.2 Å². The van der Waals surface area contributed by atoms with Gasteiger partial charge in [0.25, 0.3) is 0 Å². The molecule has 3 rings (SSSR count). The molecular weight excluding hydrogens is 554 g/mol. The van der Waals surface area contributed by atoms with Crippen LogP contribution in [0, 0.1) is 3.57 Å². The molecule has 5 heteroatoms. The Balaban J connectivity index is 1.40. The van der Waals surface area contributed by atoms with Crippen LogP contribution in [0.5, 0.6) is 0 Å². The lowest BCUT2D eigenvalue weighted by molar-refractivity contribution is -0.586. The number of ether oxygens (including phenoxy) is 1. The summed E-state index contributed by atoms with van der Waals surface area (Å²) in [5, 5.41) is 10.9. The minimum atomic E-state index is -0.900. The van der Waals surface area contributed by atoms with Gasteiger partial charge in [-0.3, -0.25) is 0 Å². The molecule has 0 spiro atoms. The lowest BCUT2D eigenvalue weighted by Gasteiger charge is -2.09. The number of aliphatic hydroxyl groups is 1. The van der Waals surface area contributed by atoms with Crippen molar-refractivity contribution in [1.82, 2.24) is 0 Å². The molecule has 0 saturated heterocycles. The van der Waals surface area contributed by atoms with Crippen LogP contribution in [0.1, 0.15) is 67.0 Å². The van der Waals surface area contributed by atoms with Crippen LogP contribution in [0.15, 0.2) is 100 Å². The number of hydrogen-bond acceptors (Lipinski definition) is 3. The minimum Gasteiger partial charge on any atom is -0.462 e. The van der Waals surface area contributed by atoms with Crippen molar-refractivity contribution in [2.24, 2.45) is 0 Å². The molecule has 0 bridgehead atoms. The number of allylic oxidation sites excluding steroid dienone is 1. The quantitative estimate of drug-likeness (QED) is 0.172. The first-order valence-corrected chi connectivity index (χ1v) is 14.3. The fourth-order valence-corrected chi connectivity index (χ4v) is 6.32. The smallest absolute Gasteiger partial charge is 0.359 e. The summed E-state index contributed by atoms with van der Waals surface area (Å²) in [4.78, 5) is 11.9. The Hall–Kier alpha value is -2.51. The van der Waals surface area contributed by atoms with Crippen LogP contribution < -0.4 is 21.2 Å². The van der Waals surface area contributed by atoms with Crippen molar-refractivity contribution in [3.8, 4) is 0 Å². The predicted molar refractivity (Wildman–Crippen MR) is 134 cm³/mol. The maximum atomic E-state index is 15.3. The van der Waals surface area contributed by atoms with Gasteiger partial charge in [0.2, 0.25) is 3.58 Å². The van der Waals surface area contributed by atoms with Crippen LogP contribution in [0.2, 0.25) is 0 Å². The molecule has 1 atom stereocenters. The summed E-state index contributed by atoms with van der Waals surface area (Å²) < 4.78 is 22.2. The molecule has 35 heavy (non-hydrogen) atoms. The molecule has 0 heterocycles. The van der Waals surface area contributed by atoms with Gasteiger partial charge in [0.05, 0.1) is 12.2 Å². The Morgan fingerprint density at radius 3 is 1.97 bits per heavy atom. The van der Waals surface area contributed by atoms with E-state index in [1.54, 1.807) is 12.1 Å². The van der Waals surface area contributed by atoms with Crippen LogP contribution in [0.4, 0.5) is 4.39 Å². The van der Waals surface area contributed by atoms with E-state index in [1.807, 2.05) is 78.9 Å². The van der Waals surface area contributed by atoms with Crippen LogP contribution in [0.3, 0.4) is 0 Å². The highest BCUT2D eigenvalue weighted by Gasteiger charge is 2.32. The monoisotopic (exact) mass is 587 g/mol. The van der Waals surface area contributed by atoms with E-state index in [4.69, 9.17) is 4.74 Å². The highest BCUT2D eigenvalue weighted by Crippen LogP contribution is 2.22. The molecular formula is C30H33FIO3+. The average Bonchev–Trinajstić information content (AvgIpc) is 2.91. The molecule has 184 valence electrons. The Bertz CT molecular complexity index is 1040. The fraction of sp³-hybridized carbons (Fsp3) is 0.300. The third-order valence-electron chi connectivity index (χ3n) is 5.59. The van der Waals surface area contributed by atoms with Gasteiger partial charge in [-0.15, -0.1) is 0 Å². The van der Waals surface area contributed by atoms with Crippen LogP contribution >= 0.6 is 0 Å². The number of benzene rings is 3. The number of rotatable bonds is 14. The van der Waals surface area contributed by atoms with Gasteiger partial charge in [-0.2, -0.15) is 0 Å². The molecule has 0 amide bonds. The van der Waals surface area contributed by atoms with Crippen LogP contribution in [0.25, 0.3) is 0 Å². The first-order valence-electron chi connectivity index (χ1n) is 12.2. The third-order valence-corrected chi connectivity index (χ3v) is 8.69. The van der Waals surface area contributed by atoms with E-state index < -0.39 is 27.3 Å². The Morgan fingerprint density at radius 1 is 0.771 bits per heavy atom. The Labute approximate surface area is 218 Å². The molecule has 0 radical (unpaired) electrons. The topological polar surface area (TPSA) is 46.5 Å². The van der Waals surface area contributed by atoms with Gasteiger partial charge in [-0.05, 0) is 42.7 Å². The predicted octanol–water partition coefficient (Wildman–Crippen LogP) is 4.45. The van der Waals surface area contributed by atoms with E-state index in [9.17, 15) is 9.90 Å². The number of halogens is 2. The second-order valence-corrected chi connectivity index (χ2v) is 11.3. The maximum Gasteiger partial charge on any atom is 0.359 e. The van der Waals surface area contributed by atoms with Crippen molar-refractivity contribution in [3.05, 3.63) is 115 Å². The van der Waals surface area contributed by atoms with Crippen LogP contribution in [-0.2, 0) is 4.74 Å². The van der Waals surface area contributed by atoms with E-state index in [1.165, 1.54) is 0 Å². The summed E-state index contributed by atoms with van der Waals surface area (Å²) in [7, 11) is 0. The zero-order valence-corrected chi connectivity index (χ0v) is 22.1. The zero-order valence-electron chi connectivity index (χ0n) is 19.9. The number of carbonyl (C=O) groups is 1. The summed E-state index contributed by atoms with van der Waals surface area (Å²) in [5.74, 6) is -0.439. The van der Waals surface area contributed by atoms with Gasteiger partial charge >= 0.3 is 27.2 Å². The van der Waals surface area contributed by atoms with Gasteiger partial charge in [-0.1, -0.05) is 92.4 Å². The minimum absolute atomic E-state index is 0.161. The van der Waals surface area contributed by atoms with Crippen molar-refractivity contribution in [1.29, 1.82) is 0 Å². The summed E-state index contributed by atoms with van der Waals surface area (Å²) in [6.07, 6.45) is 5.03. The van der Waals surface area contributed by atoms with Gasteiger partial charge in [0, 0.05) is 6.42 Å². The third kappa shape index (κ3) is 9.57. The lowest BCUT2D eigenvalue weighted by atomic mass is 10.1. The molecule has 3 aromatic rings. The first kappa shape index (κ1) is 27.1. The standard InChI is InChI=1S/C30H33FIO3/c31-27(22-14-3-1-2-4-15-23-35-30(34)25-18-10-6-11-19-25)28(32-26-20-12-7-13-21-26)29(33)24-16-8-5-9-17-24/h5-13,16-21,29,33H,1-4,14-15,22-23H2/q+1/b28-27-. The highest BCUT2D eigenvalue weighted by atomic mass is 127. The van der Waals surface area contributed by atoms with Gasteiger partial charge < -0.3 is 9.84 Å². The van der Waals surface area contributed by atoms with Crippen molar-refractivity contribution < 1.29 is 40.2 Å². The second-order valence-electron chi connectivity index (χ2n) is 8.33. The molecule has 0 aliphatic heterocycles. The molecule has 0 saturated carbocycles. The fourth-order valence-electron chi connectivity index (χ4n) is 3.66. The van der Waals surface area contributed by atoms with Crippen molar-refractivity contribution in [2.75, 3.05) is 6.61 Å². The maximum absolute atomic E-state index is 15.3. The summed E-state index contributed by atoms with van der Waals surface area (Å²) in [5.41, 5.74) is 1.32. The van der Waals surface area contributed by atoms with E-state index in [0.717, 1.165) is 47.7 Å². The summed E-state index contributed by atoms with van der Waals surface area (Å²) >= 11 is -0.792. The molecule has 3 nitrogen and oxygen atoms in total. The average molecular weight is 587 g/mol. The van der Waals surface area contributed by atoms with E-state index in [-0.39, 0.29) is 11.8 Å². The van der Waals surface area contributed by atoms with Gasteiger partial charge in [0.15, 0.2) is 9.40 Å². The molecule has 0 aliphatic rings. The number of aliphatic hydroxyl groups excluding tert-OH is 1. The molecule has 3 aromatic carbocycles. The van der Waals surface area contributed by atoms with Crippen molar-refractivity contribution >= 4 is 5.97 Å². The van der Waals surface area contributed by atoms with Gasteiger partial charge in [-0.25, -0.2) is 9.18 Å². The number of esters is 1. The normalized spacial score (nSPS) is 12.6. The Kier molecular flexibility index (Phi) is 12.0. The largest absolute Gasteiger partial charge is 0.462 e. The first-order chi connectivity index (χ1) is 17.1. The number of carbonyl (C=O) groups excluding carboxylic acids is 1. The van der Waals surface area contributed by atoms with E-state index >= 15 is 4.39 Å². The molecule has 0 fully saturated rings. The molecule has 0 aliphatic carbocycles. The lowest BCUT2D eigenvalue weighted by Crippen LogP contribution is -3.61. The van der Waals surface area contributed by atoms with Crippen molar-refractivity contribution in [2.45, 2.75) is 51.0 Å². The zero-order chi connectivity index (χ0) is 24.7. The molecule has 0 aromatic heterocycles. The number of hydrogen-bond donors (Lipinski definition) is 1. The summed E-state index contributed by atoms with van der Waals surface area (Å²) in [6, 6.07) is 28.3. The number of unbranched alkanes of at least 4 members (excludes halogenated alkanes) is 5. The highest BCUT2D eigenvalue weighted by molar-refractivity contribution is 5.89. The summed E-state index contributed by atoms with van der Waals surface area (Å²) in [6.45, 7) is 0.426. The second kappa shape index (κ2) is 15.5. The van der Waals surface area contributed by atoms with E-state index in [2.05, 4.69) is 0 Å².